The summed E-state index contributed by atoms with van der Waals surface area (Å²) < 4.78 is 4.93. The molecular formula is C13H22O7. The highest BCUT2D eigenvalue weighted by atomic mass is 16.6. The normalized spacial score (nSPS) is 17.1. The average Bonchev–Trinajstić information content (AvgIpc) is 2.44. The number of hydrogen-bond acceptors (Lipinski definition) is 7. The predicted molar refractivity (Wildman–Crippen MR) is 70.6 cm³/mol. The highest BCUT2D eigenvalue weighted by Gasteiger charge is 2.35. The largest absolute Gasteiger partial charge is 0.460 e. The Balaban J connectivity index is 4.58. The maximum Gasteiger partial charge on any atom is 0.338 e. The molecule has 0 unspecified atom stereocenters. The smallest absolute Gasteiger partial charge is 0.338 e. The van der Waals surface area contributed by atoms with E-state index in [9.17, 15) is 20.1 Å². The van der Waals surface area contributed by atoms with Gasteiger partial charge in [0.1, 0.15) is 24.4 Å². The number of aliphatic hydroxyl groups excluding tert-OH is 5. The van der Waals surface area contributed by atoms with Gasteiger partial charge in [-0.3, -0.25) is 0 Å². The van der Waals surface area contributed by atoms with Crippen LogP contribution >= 0.6 is 0 Å². The van der Waals surface area contributed by atoms with Gasteiger partial charge in [0, 0.05) is 12.8 Å². The van der Waals surface area contributed by atoms with Crippen molar-refractivity contribution in [1.29, 1.82) is 0 Å². The van der Waals surface area contributed by atoms with Crippen molar-refractivity contribution < 1.29 is 35.1 Å². The Morgan fingerprint density at radius 3 is 1.95 bits per heavy atom. The minimum absolute atomic E-state index is 0.336. The van der Waals surface area contributed by atoms with Gasteiger partial charge < -0.3 is 30.3 Å². The molecule has 7 heteroatoms. The summed E-state index contributed by atoms with van der Waals surface area (Å²) in [6.07, 6.45) is -4.43. The first-order valence-corrected chi connectivity index (χ1v) is 6.14. The lowest BCUT2D eigenvalue weighted by Crippen LogP contribution is -2.49. The lowest BCUT2D eigenvalue weighted by Gasteiger charge is -2.25. The lowest BCUT2D eigenvalue weighted by atomic mass is 10.0. The Morgan fingerprint density at radius 2 is 1.55 bits per heavy atom. The fraction of sp³-hybridized carbons (Fsp3) is 0.615. The van der Waals surface area contributed by atoms with Crippen LogP contribution in [-0.2, 0) is 9.53 Å². The van der Waals surface area contributed by atoms with E-state index >= 15 is 0 Å². The quantitative estimate of drug-likeness (QED) is 0.244. The summed E-state index contributed by atoms with van der Waals surface area (Å²) in [5.41, 5.74) is 0. The second-order valence-electron chi connectivity index (χ2n) is 4.28. The topological polar surface area (TPSA) is 127 Å². The van der Waals surface area contributed by atoms with Crippen molar-refractivity contribution in [3.63, 3.8) is 0 Å². The Kier molecular flexibility index (Phi) is 9.02. The van der Waals surface area contributed by atoms with E-state index < -0.39 is 43.1 Å². The molecule has 7 nitrogen and oxygen atoms in total. The van der Waals surface area contributed by atoms with Crippen molar-refractivity contribution in [1.82, 2.24) is 0 Å². The summed E-state index contributed by atoms with van der Waals surface area (Å²) in [5, 5.41) is 46.2. The Hall–Kier alpha value is -1.25. The van der Waals surface area contributed by atoms with Gasteiger partial charge in [0.25, 0.3) is 0 Å². The Morgan fingerprint density at radius 1 is 1.05 bits per heavy atom. The van der Waals surface area contributed by atoms with Crippen LogP contribution in [0.15, 0.2) is 25.3 Å². The van der Waals surface area contributed by atoms with Gasteiger partial charge in [-0.15, -0.1) is 13.2 Å². The fourth-order valence-electron chi connectivity index (χ4n) is 1.46. The van der Waals surface area contributed by atoms with E-state index in [1.54, 1.807) is 0 Å². The fourth-order valence-corrected chi connectivity index (χ4v) is 1.46. The molecule has 0 saturated carbocycles. The van der Waals surface area contributed by atoms with Gasteiger partial charge in [0.05, 0.1) is 6.61 Å². The van der Waals surface area contributed by atoms with E-state index in [1.165, 1.54) is 12.2 Å². The first kappa shape index (κ1) is 18.8. The van der Waals surface area contributed by atoms with Crippen LogP contribution in [-0.4, -0.2) is 68.6 Å². The van der Waals surface area contributed by atoms with Gasteiger partial charge in [-0.2, -0.15) is 0 Å². The van der Waals surface area contributed by atoms with Crippen molar-refractivity contribution in [2.24, 2.45) is 0 Å². The number of esters is 1. The summed E-state index contributed by atoms with van der Waals surface area (Å²) in [4.78, 5) is 11.6. The zero-order chi connectivity index (χ0) is 15.7. The van der Waals surface area contributed by atoms with E-state index in [2.05, 4.69) is 13.2 Å². The second kappa shape index (κ2) is 9.62. The molecule has 0 radical (unpaired) electrons. The third-order valence-corrected chi connectivity index (χ3v) is 2.64. The van der Waals surface area contributed by atoms with Crippen LogP contribution in [0.5, 0.6) is 0 Å². The SMILES string of the molecule is C=CCC(CC=C)OC(=O)[C@H](O)[C@@H](O)[C@H](O)[C@H](O)CO. The summed E-state index contributed by atoms with van der Waals surface area (Å²) in [7, 11) is 0. The number of rotatable bonds is 10. The molecule has 0 aliphatic rings. The predicted octanol–water partition coefficient (Wildman–Crippen LogP) is -1.51. The molecule has 0 bridgehead atoms. The zero-order valence-corrected chi connectivity index (χ0v) is 11.1. The first-order valence-electron chi connectivity index (χ1n) is 6.14. The number of hydrogen-bond donors (Lipinski definition) is 5. The van der Waals surface area contributed by atoms with E-state index in [0.717, 1.165) is 0 Å². The molecule has 0 saturated heterocycles. The number of carbonyl (C=O) groups excluding carboxylic acids is 1. The second-order valence-corrected chi connectivity index (χ2v) is 4.28. The number of carbonyl (C=O) groups is 1. The molecule has 116 valence electrons. The van der Waals surface area contributed by atoms with E-state index in [1.807, 2.05) is 0 Å². The van der Waals surface area contributed by atoms with Crippen molar-refractivity contribution in [3.05, 3.63) is 25.3 Å². The Labute approximate surface area is 117 Å². The van der Waals surface area contributed by atoms with Crippen molar-refractivity contribution in [2.45, 2.75) is 43.4 Å². The van der Waals surface area contributed by atoms with Crippen LogP contribution in [0.1, 0.15) is 12.8 Å². The molecule has 0 aromatic carbocycles. The van der Waals surface area contributed by atoms with Crippen molar-refractivity contribution >= 4 is 5.97 Å². The molecule has 0 amide bonds. The van der Waals surface area contributed by atoms with Gasteiger partial charge in [0.2, 0.25) is 0 Å². The highest BCUT2D eigenvalue weighted by Crippen LogP contribution is 2.11. The zero-order valence-electron chi connectivity index (χ0n) is 11.1. The van der Waals surface area contributed by atoms with Gasteiger partial charge >= 0.3 is 5.97 Å². The van der Waals surface area contributed by atoms with Crippen LogP contribution in [0.4, 0.5) is 0 Å². The van der Waals surface area contributed by atoms with Crippen LogP contribution in [0.25, 0.3) is 0 Å². The van der Waals surface area contributed by atoms with Crippen LogP contribution in [0.2, 0.25) is 0 Å². The molecule has 0 aliphatic carbocycles. The summed E-state index contributed by atoms with van der Waals surface area (Å²) in [6.45, 7) is 6.16. The molecule has 0 rings (SSSR count). The minimum atomic E-state index is -2.04. The van der Waals surface area contributed by atoms with Gasteiger partial charge in [-0.05, 0) is 0 Å². The molecule has 0 spiro atoms. The van der Waals surface area contributed by atoms with E-state index in [-0.39, 0.29) is 0 Å². The van der Waals surface area contributed by atoms with Crippen LogP contribution in [0.3, 0.4) is 0 Å². The van der Waals surface area contributed by atoms with E-state index in [0.29, 0.717) is 12.8 Å². The highest BCUT2D eigenvalue weighted by molar-refractivity contribution is 5.75. The molecule has 0 heterocycles. The molecule has 5 N–H and O–H groups in total. The molecule has 0 fully saturated rings. The van der Waals surface area contributed by atoms with E-state index in [4.69, 9.17) is 14.9 Å². The van der Waals surface area contributed by atoms with Gasteiger partial charge in [-0.1, -0.05) is 12.2 Å². The maximum atomic E-state index is 11.6. The molecule has 4 atom stereocenters. The molecule has 0 aliphatic heterocycles. The number of ether oxygens (including phenoxy) is 1. The van der Waals surface area contributed by atoms with Gasteiger partial charge in [-0.25, -0.2) is 4.79 Å². The molecule has 20 heavy (non-hydrogen) atoms. The monoisotopic (exact) mass is 290 g/mol. The van der Waals surface area contributed by atoms with Crippen molar-refractivity contribution in [3.8, 4) is 0 Å². The average molecular weight is 290 g/mol. The van der Waals surface area contributed by atoms with Gasteiger partial charge in [0.15, 0.2) is 6.10 Å². The molecule has 0 aromatic rings. The summed E-state index contributed by atoms with van der Waals surface area (Å²) in [5.74, 6) is -1.14. The maximum absolute atomic E-state index is 11.6. The summed E-state index contributed by atoms with van der Waals surface area (Å²) >= 11 is 0. The third kappa shape index (κ3) is 5.81. The van der Waals surface area contributed by atoms with Crippen LogP contribution < -0.4 is 0 Å². The first-order chi connectivity index (χ1) is 9.38. The standard InChI is InChI=1S/C13H22O7/c1-3-5-8(6-4-2)20-13(19)12(18)11(17)10(16)9(15)7-14/h3-4,8-12,14-18H,1-2,5-7H2/t9-,10-,11+,12-/m1/s1. The third-order valence-electron chi connectivity index (χ3n) is 2.64. The Bertz CT molecular complexity index is 308. The molecular weight excluding hydrogens is 268 g/mol. The van der Waals surface area contributed by atoms with Crippen molar-refractivity contribution in [2.75, 3.05) is 6.61 Å². The molecule has 0 aromatic heterocycles. The number of aliphatic hydroxyl groups is 5. The summed E-state index contributed by atoms with van der Waals surface area (Å²) in [6, 6.07) is 0. The lowest BCUT2D eigenvalue weighted by molar-refractivity contribution is -0.174. The van der Waals surface area contributed by atoms with Crippen LogP contribution in [0, 0.1) is 0 Å². The minimum Gasteiger partial charge on any atom is -0.460 e.